The first-order chi connectivity index (χ1) is 14.1. The molecule has 0 spiro atoms. The van der Waals surface area contributed by atoms with Crippen molar-refractivity contribution in [1.29, 1.82) is 0 Å². The highest BCUT2D eigenvalue weighted by atomic mass is 16.2. The van der Waals surface area contributed by atoms with Crippen molar-refractivity contribution in [3.8, 4) is 11.3 Å². The Hall–Kier alpha value is -3.35. The summed E-state index contributed by atoms with van der Waals surface area (Å²) >= 11 is 0. The van der Waals surface area contributed by atoms with Crippen molar-refractivity contribution in [2.45, 2.75) is 39.2 Å². The number of aromatic nitrogens is 4. The number of aryl methyl sites for hydroxylation is 2. The molecule has 7 heteroatoms. The summed E-state index contributed by atoms with van der Waals surface area (Å²) in [7, 11) is 0. The number of pyridine rings is 2. The van der Waals surface area contributed by atoms with Gasteiger partial charge in [0.1, 0.15) is 11.6 Å². The Morgan fingerprint density at radius 2 is 1.97 bits per heavy atom. The number of fused-ring (bicyclic) bond motifs is 1. The predicted octanol–water partition coefficient (Wildman–Crippen LogP) is 2.98. The van der Waals surface area contributed by atoms with Gasteiger partial charge in [-0.25, -0.2) is 4.68 Å². The van der Waals surface area contributed by atoms with Gasteiger partial charge >= 0.3 is 0 Å². The van der Waals surface area contributed by atoms with E-state index in [1.807, 2.05) is 48.0 Å². The van der Waals surface area contributed by atoms with Crippen LogP contribution in [0.5, 0.6) is 0 Å². The van der Waals surface area contributed by atoms with E-state index in [4.69, 9.17) is 0 Å². The highest BCUT2D eigenvalue weighted by Crippen LogP contribution is 2.22. The average molecular weight is 389 g/mol. The van der Waals surface area contributed by atoms with Crippen LogP contribution < -0.4 is 4.90 Å². The van der Waals surface area contributed by atoms with Crippen molar-refractivity contribution < 1.29 is 9.59 Å². The van der Waals surface area contributed by atoms with Crippen molar-refractivity contribution in [1.82, 2.24) is 19.7 Å². The van der Waals surface area contributed by atoms with Crippen LogP contribution >= 0.6 is 0 Å². The number of anilines is 1. The lowest BCUT2D eigenvalue weighted by molar-refractivity contribution is -0.123. The molecular weight excluding hydrogens is 366 g/mol. The molecule has 1 aliphatic rings. The van der Waals surface area contributed by atoms with Crippen LogP contribution in [0.2, 0.25) is 0 Å². The quantitative estimate of drug-likeness (QED) is 0.647. The molecule has 0 saturated heterocycles. The van der Waals surface area contributed by atoms with Gasteiger partial charge in [0.2, 0.25) is 5.91 Å². The van der Waals surface area contributed by atoms with Crippen molar-refractivity contribution >= 4 is 17.5 Å². The van der Waals surface area contributed by atoms with Crippen LogP contribution in [0.1, 0.15) is 30.7 Å². The number of carbonyl (C=O) groups excluding carboxylic acids is 2. The van der Waals surface area contributed by atoms with Gasteiger partial charge in [0.15, 0.2) is 0 Å². The summed E-state index contributed by atoms with van der Waals surface area (Å²) in [6.45, 7) is 3.42. The largest absolute Gasteiger partial charge is 0.299 e. The van der Waals surface area contributed by atoms with Crippen molar-refractivity contribution in [2.75, 3.05) is 11.4 Å². The van der Waals surface area contributed by atoms with Gasteiger partial charge in [-0.05, 0) is 37.6 Å². The molecule has 0 aromatic carbocycles. The Labute approximate surface area is 169 Å². The molecule has 148 valence electrons. The van der Waals surface area contributed by atoms with E-state index in [0.29, 0.717) is 12.2 Å². The molecule has 0 saturated carbocycles. The number of carbonyl (C=O) groups is 2. The molecule has 3 aromatic rings. The zero-order valence-corrected chi connectivity index (χ0v) is 16.4. The van der Waals surface area contributed by atoms with E-state index in [2.05, 4.69) is 15.1 Å². The van der Waals surface area contributed by atoms with Gasteiger partial charge in [0.25, 0.3) is 0 Å². The molecule has 7 nitrogen and oxygen atoms in total. The molecule has 0 atom stereocenters. The van der Waals surface area contributed by atoms with Gasteiger partial charge in [-0.15, -0.1) is 0 Å². The molecule has 1 aliphatic heterocycles. The van der Waals surface area contributed by atoms with Crippen LogP contribution in [-0.4, -0.2) is 38.0 Å². The Bertz CT molecular complexity index is 1010. The number of ketones is 1. The number of hydrogen-bond donors (Lipinski definition) is 0. The Morgan fingerprint density at radius 1 is 1.07 bits per heavy atom. The molecule has 0 N–H and O–H groups in total. The maximum absolute atomic E-state index is 12.6. The minimum absolute atomic E-state index is 0.0122. The zero-order chi connectivity index (χ0) is 20.2. The van der Waals surface area contributed by atoms with E-state index in [9.17, 15) is 9.59 Å². The molecule has 0 fully saturated rings. The third kappa shape index (κ3) is 4.39. The van der Waals surface area contributed by atoms with E-state index in [-0.39, 0.29) is 31.0 Å². The third-order valence-corrected chi connectivity index (χ3v) is 4.99. The highest BCUT2D eigenvalue weighted by molar-refractivity contribution is 5.95. The Kier molecular flexibility index (Phi) is 5.46. The van der Waals surface area contributed by atoms with Crippen LogP contribution in [0, 0.1) is 6.92 Å². The topological polar surface area (TPSA) is 81.0 Å². The van der Waals surface area contributed by atoms with Gasteiger partial charge in [0, 0.05) is 62.1 Å². The summed E-state index contributed by atoms with van der Waals surface area (Å²) in [4.78, 5) is 35.4. The minimum atomic E-state index is -0.0299. The molecular formula is C22H23N5O2. The van der Waals surface area contributed by atoms with Crippen molar-refractivity contribution in [3.05, 3.63) is 60.2 Å². The Morgan fingerprint density at radius 3 is 2.72 bits per heavy atom. The number of Topliss-reactive ketones (excluding diaryl/α,β-unsaturated/α-hetero) is 1. The highest BCUT2D eigenvalue weighted by Gasteiger charge is 2.24. The summed E-state index contributed by atoms with van der Waals surface area (Å²) in [5.41, 5.74) is 3.36. The fraction of sp³-hybridized carbons (Fsp3) is 0.318. The molecule has 29 heavy (non-hydrogen) atoms. The minimum Gasteiger partial charge on any atom is -0.299 e. The molecule has 1 amide bonds. The first-order valence-electron chi connectivity index (χ1n) is 9.83. The summed E-state index contributed by atoms with van der Waals surface area (Å²) in [5.74, 6) is 0.814. The smallest absolute Gasteiger partial charge is 0.228 e. The number of rotatable bonds is 6. The standard InChI is InChI=1S/C22H23N5O2/c1-16-13-21-26(11-4-12-27(21)25-16)22(29)9-8-19(28)14-18-7-6-17(15-24-18)20-5-2-3-10-23-20/h2-3,5-7,10,13,15H,4,8-9,11-12,14H2,1H3. The lowest BCUT2D eigenvalue weighted by Crippen LogP contribution is -2.37. The second-order valence-corrected chi connectivity index (χ2v) is 7.23. The van der Waals surface area contributed by atoms with Crippen LogP contribution in [0.3, 0.4) is 0 Å². The molecule has 0 bridgehead atoms. The number of nitrogens with zero attached hydrogens (tertiary/aromatic N) is 5. The maximum atomic E-state index is 12.6. The fourth-order valence-corrected chi connectivity index (χ4v) is 3.55. The molecule has 0 aliphatic carbocycles. The van der Waals surface area contributed by atoms with Gasteiger partial charge in [-0.3, -0.25) is 24.5 Å². The van der Waals surface area contributed by atoms with Crippen LogP contribution in [0.15, 0.2) is 48.8 Å². The van der Waals surface area contributed by atoms with Gasteiger partial charge in [-0.1, -0.05) is 6.07 Å². The first kappa shape index (κ1) is 19.0. The summed E-state index contributed by atoms with van der Waals surface area (Å²) < 4.78 is 1.87. The normalized spacial score (nSPS) is 13.2. The fourth-order valence-electron chi connectivity index (χ4n) is 3.55. The molecule has 4 rings (SSSR count). The zero-order valence-electron chi connectivity index (χ0n) is 16.4. The lowest BCUT2D eigenvalue weighted by Gasteiger charge is -2.27. The van der Waals surface area contributed by atoms with Gasteiger partial charge in [0.05, 0.1) is 11.4 Å². The number of amides is 1. The lowest BCUT2D eigenvalue weighted by atomic mass is 10.1. The number of hydrogen-bond acceptors (Lipinski definition) is 5. The second-order valence-electron chi connectivity index (χ2n) is 7.23. The van der Waals surface area contributed by atoms with E-state index in [1.165, 1.54) is 0 Å². The molecule has 3 aromatic heterocycles. The molecule has 0 unspecified atom stereocenters. The van der Waals surface area contributed by atoms with Crippen molar-refractivity contribution in [2.24, 2.45) is 0 Å². The summed E-state index contributed by atoms with van der Waals surface area (Å²) in [5, 5.41) is 4.41. The van der Waals surface area contributed by atoms with E-state index >= 15 is 0 Å². The SMILES string of the molecule is Cc1cc2n(n1)CCCN2C(=O)CCC(=O)Cc1ccc(-c2ccccn2)cn1. The maximum Gasteiger partial charge on any atom is 0.228 e. The average Bonchev–Trinajstić information content (AvgIpc) is 3.13. The van der Waals surface area contributed by atoms with Crippen LogP contribution in [0.25, 0.3) is 11.3 Å². The van der Waals surface area contributed by atoms with E-state index < -0.39 is 0 Å². The molecule has 4 heterocycles. The van der Waals surface area contributed by atoms with Crippen LogP contribution in [-0.2, 0) is 22.6 Å². The van der Waals surface area contributed by atoms with Crippen LogP contribution in [0.4, 0.5) is 5.82 Å². The van der Waals surface area contributed by atoms with Crippen molar-refractivity contribution in [3.63, 3.8) is 0 Å². The first-order valence-corrected chi connectivity index (χ1v) is 9.83. The van der Waals surface area contributed by atoms with Gasteiger partial charge < -0.3 is 0 Å². The second kappa shape index (κ2) is 8.34. The van der Waals surface area contributed by atoms with Gasteiger partial charge in [-0.2, -0.15) is 5.10 Å². The Balaban J connectivity index is 1.32. The van der Waals surface area contributed by atoms with E-state index in [1.54, 1.807) is 17.3 Å². The molecule has 0 radical (unpaired) electrons. The van der Waals surface area contributed by atoms with E-state index in [0.717, 1.165) is 35.7 Å². The summed E-state index contributed by atoms with van der Waals surface area (Å²) in [6, 6.07) is 11.4. The predicted molar refractivity (Wildman–Crippen MR) is 109 cm³/mol. The monoisotopic (exact) mass is 389 g/mol. The summed E-state index contributed by atoms with van der Waals surface area (Å²) in [6.07, 6.45) is 4.99. The third-order valence-electron chi connectivity index (χ3n) is 4.99.